The van der Waals surface area contributed by atoms with Crippen molar-refractivity contribution < 1.29 is 29.3 Å². The maximum absolute atomic E-state index is 12.9. The zero-order valence-corrected chi connectivity index (χ0v) is 17.3. The third-order valence-corrected chi connectivity index (χ3v) is 8.52. The molecule has 3 saturated carbocycles. The van der Waals surface area contributed by atoms with Gasteiger partial charge in [-0.15, -0.1) is 0 Å². The van der Waals surface area contributed by atoms with Crippen LogP contribution in [0.15, 0.2) is 23.8 Å². The molecule has 2 N–H and O–H groups in total. The Morgan fingerprint density at radius 3 is 2.69 bits per heavy atom. The molecule has 0 aliphatic heterocycles. The molecule has 0 aromatic heterocycles. The van der Waals surface area contributed by atoms with Gasteiger partial charge in [0.25, 0.3) is 0 Å². The molecule has 3 fully saturated rings. The lowest BCUT2D eigenvalue weighted by Gasteiger charge is -2.59. The van der Waals surface area contributed by atoms with Gasteiger partial charge >= 0.3 is 5.97 Å². The Hall–Kier alpha value is -1.79. The SMILES string of the molecule is CC(=O)OCC(=O)[C@]1(O)CC[C@H]2[C@@H]3CCC4=CC(=O)C=C[C@]4(C)[C@@H]3[C@H](O)C[C@@]21C. The molecule has 0 radical (unpaired) electrons. The highest BCUT2D eigenvalue weighted by molar-refractivity contribution is 6.01. The van der Waals surface area contributed by atoms with E-state index >= 15 is 0 Å². The summed E-state index contributed by atoms with van der Waals surface area (Å²) < 4.78 is 4.88. The molecule has 0 amide bonds. The van der Waals surface area contributed by atoms with Gasteiger partial charge in [0.2, 0.25) is 5.78 Å². The van der Waals surface area contributed by atoms with Gasteiger partial charge in [-0.2, -0.15) is 0 Å². The lowest BCUT2D eigenvalue weighted by Crippen LogP contribution is -2.61. The van der Waals surface area contributed by atoms with Crippen LogP contribution >= 0.6 is 0 Å². The summed E-state index contributed by atoms with van der Waals surface area (Å²) in [6.07, 6.45) is 7.50. The van der Waals surface area contributed by atoms with Crippen molar-refractivity contribution in [3.8, 4) is 0 Å². The monoisotopic (exact) mass is 402 g/mol. The fourth-order valence-electron chi connectivity index (χ4n) is 7.08. The Morgan fingerprint density at radius 1 is 1.28 bits per heavy atom. The largest absolute Gasteiger partial charge is 0.458 e. The van der Waals surface area contributed by atoms with Crippen LogP contribution in [0.25, 0.3) is 0 Å². The second kappa shape index (κ2) is 6.61. The molecule has 4 aliphatic carbocycles. The highest BCUT2D eigenvalue weighted by atomic mass is 16.5. The molecule has 0 aromatic rings. The van der Waals surface area contributed by atoms with Crippen molar-refractivity contribution in [1.82, 2.24) is 0 Å². The molecule has 29 heavy (non-hydrogen) atoms. The first kappa shape index (κ1) is 20.5. The summed E-state index contributed by atoms with van der Waals surface area (Å²) in [5.74, 6) is -0.836. The van der Waals surface area contributed by atoms with E-state index in [1.165, 1.54) is 6.92 Å². The number of ketones is 2. The topological polar surface area (TPSA) is 101 Å². The highest BCUT2D eigenvalue weighted by Crippen LogP contribution is 2.67. The lowest BCUT2D eigenvalue weighted by molar-refractivity contribution is -0.181. The van der Waals surface area contributed by atoms with Crippen molar-refractivity contribution >= 4 is 17.5 Å². The van der Waals surface area contributed by atoms with E-state index in [4.69, 9.17) is 4.74 Å². The number of esters is 1. The van der Waals surface area contributed by atoms with E-state index < -0.39 is 35.5 Å². The summed E-state index contributed by atoms with van der Waals surface area (Å²) in [4.78, 5) is 35.9. The minimum atomic E-state index is -1.60. The number of aliphatic hydroxyl groups excluding tert-OH is 1. The Balaban J connectivity index is 1.66. The minimum Gasteiger partial charge on any atom is -0.458 e. The van der Waals surface area contributed by atoms with E-state index in [-0.39, 0.29) is 29.0 Å². The summed E-state index contributed by atoms with van der Waals surface area (Å²) in [6, 6.07) is 0. The zero-order chi connectivity index (χ0) is 21.2. The summed E-state index contributed by atoms with van der Waals surface area (Å²) in [5, 5.41) is 22.7. The Bertz CT molecular complexity index is 827. The number of fused-ring (bicyclic) bond motifs is 5. The Morgan fingerprint density at radius 2 is 2.00 bits per heavy atom. The van der Waals surface area contributed by atoms with Crippen molar-refractivity contribution in [2.24, 2.45) is 28.6 Å². The Labute approximate surface area is 171 Å². The summed E-state index contributed by atoms with van der Waals surface area (Å²) >= 11 is 0. The van der Waals surface area contributed by atoms with Crippen LogP contribution in [0, 0.1) is 28.6 Å². The first-order chi connectivity index (χ1) is 13.5. The van der Waals surface area contributed by atoms with Crippen molar-refractivity contribution in [1.29, 1.82) is 0 Å². The van der Waals surface area contributed by atoms with Gasteiger partial charge in [-0.25, -0.2) is 0 Å². The molecule has 0 spiro atoms. The molecule has 0 unspecified atom stereocenters. The first-order valence-corrected chi connectivity index (χ1v) is 10.5. The number of carbonyl (C=O) groups excluding carboxylic acids is 3. The van der Waals surface area contributed by atoms with Crippen LogP contribution in [0.4, 0.5) is 0 Å². The van der Waals surface area contributed by atoms with E-state index in [0.717, 1.165) is 18.4 Å². The molecule has 6 heteroatoms. The minimum absolute atomic E-state index is 0.00243. The van der Waals surface area contributed by atoms with Crippen LogP contribution in [-0.2, 0) is 19.1 Å². The number of carbonyl (C=O) groups is 3. The van der Waals surface area contributed by atoms with E-state index in [2.05, 4.69) is 6.92 Å². The average Bonchev–Trinajstić information content (AvgIpc) is 2.91. The number of allylic oxidation sites excluding steroid dienone is 4. The van der Waals surface area contributed by atoms with Crippen LogP contribution < -0.4 is 0 Å². The second-order valence-electron chi connectivity index (χ2n) is 9.81. The number of aliphatic hydroxyl groups is 2. The smallest absolute Gasteiger partial charge is 0.303 e. The normalized spacial score (nSPS) is 45.7. The van der Waals surface area contributed by atoms with Crippen molar-refractivity contribution in [2.45, 2.75) is 64.6 Å². The molecule has 0 saturated heterocycles. The second-order valence-corrected chi connectivity index (χ2v) is 9.81. The molecular formula is C23H30O6. The van der Waals surface area contributed by atoms with Crippen LogP contribution in [0.3, 0.4) is 0 Å². The van der Waals surface area contributed by atoms with Gasteiger partial charge in [0.15, 0.2) is 12.4 Å². The molecule has 6 nitrogen and oxygen atoms in total. The van der Waals surface area contributed by atoms with Crippen molar-refractivity contribution in [3.05, 3.63) is 23.8 Å². The fourth-order valence-corrected chi connectivity index (χ4v) is 7.08. The van der Waals surface area contributed by atoms with E-state index in [1.807, 2.05) is 13.0 Å². The van der Waals surface area contributed by atoms with Crippen LogP contribution in [-0.4, -0.2) is 46.1 Å². The van der Waals surface area contributed by atoms with Gasteiger partial charge in [0.1, 0.15) is 5.60 Å². The van der Waals surface area contributed by atoms with Crippen LogP contribution in [0.5, 0.6) is 0 Å². The third kappa shape index (κ3) is 2.79. The zero-order valence-electron chi connectivity index (χ0n) is 17.3. The molecule has 0 bridgehead atoms. The summed E-state index contributed by atoms with van der Waals surface area (Å²) in [6.45, 7) is 4.80. The molecule has 158 valence electrons. The van der Waals surface area contributed by atoms with Gasteiger partial charge in [-0.3, -0.25) is 14.4 Å². The molecule has 0 aromatic carbocycles. The molecule has 0 heterocycles. The van der Waals surface area contributed by atoms with E-state index in [9.17, 15) is 24.6 Å². The van der Waals surface area contributed by atoms with Crippen LogP contribution in [0.1, 0.15) is 52.9 Å². The van der Waals surface area contributed by atoms with Crippen LogP contribution in [0.2, 0.25) is 0 Å². The van der Waals surface area contributed by atoms with Crippen molar-refractivity contribution in [2.75, 3.05) is 6.61 Å². The molecule has 4 aliphatic rings. The molecule has 4 rings (SSSR count). The molecule has 7 atom stereocenters. The summed E-state index contributed by atoms with van der Waals surface area (Å²) in [5.41, 5.74) is -1.67. The summed E-state index contributed by atoms with van der Waals surface area (Å²) in [7, 11) is 0. The predicted molar refractivity (Wildman–Crippen MR) is 105 cm³/mol. The van der Waals surface area contributed by atoms with E-state index in [1.54, 1.807) is 12.2 Å². The van der Waals surface area contributed by atoms with E-state index in [0.29, 0.717) is 19.3 Å². The van der Waals surface area contributed by atoms with Crippen molar-refractivity contribution in [3.63, 3.8) is 0 Å². The standard InChI is InChI=1S/C23H30O6/c1-13(24)29-12-19(27)23(28)9-7-17-16-5-4-14-10-15(25)6-8-21(14,2)20(16)18(26)11-22(17,23)3/h6,8,10,16-18,20,26,28H,4-5,7,9,11-12H2,1-3H3/t16-,17-,18+,20-,21-,22-,23+/m0/s1. The van der Waals surface area contributed by atoms with Gasteiger partial charge in [-0.1, -0.05) is 25.5 Å². The Kier molecular flexibility index (Phi) is 4.67. The van der Waals surface area contributed by atoms with Gasteiger partial charge in [-0.05, 0) is 56.1 Å². The number of ether oxygens (including phenoxy) is 1. The average molecular weight is 402 g/mol. The lowest BCUT2D eigenvalue weighted by atomic mass is 9.46. The highest BCUT2D eigenvalue weighted by Gasteiger charge is 2.68. The van der Waals surface area contributed by atoms with Gasteiger partial charge < -0.3 is 14.9 Å². The maximum Gasteiger partial charge on any atom is 0.303 e. The quantitative estimate of drug-likeness (QED) is 0.702. The number of Topliss-reactive ketones (excluding diaryl/α,β-unsaturated/α-hetero) is 1. The number of hydrogen-bond donors (Lipinski definition) is 2. The fraction of sp³-hybridized carbons (Fsp3) is 0.696. The number of rotatable bonds is 3. The van der Waals surface area contributed by atoms with Gasteiger partial charge in [0.05, 0.1) is 6.10 Å². The third-order valence-electron chi connectivity index (χ3n) is 8.52. The molecular weight excluding hydrogens is 372 g/mol. The predicted octanol–water partition coefficient (Wildman–Crippen LogP) is 2.13. The number of hydrogen-bond acceptors (Lipinski definition) is 6. The maximum atomic E-state index is 12.9. The first-order valence-electron chi connectivity index (χ1n) is 10.5. The van der Waals surface area contributed by atoms with Gasteiger partial charge in [0, 0.05) is 23.7 Å².